The number of likely N-dealkylation sites (tertiary alicyclic amines) is 1. The number of piperidine rings is 1. The summed E-state index contributed by atoms with van der Waals surface area (Å²) in [4.78, 5) is 2.72. The molecule has 1 heterocycles. The highest BCUT2D eigenvalue weighted by Gasteiger charge is 2.31. The number of rotatable bonds is 9. The van der Waals surface area contributed by atoms with Gasteiger partial charge in [0, 0.05) is 12.1 Å². The van der Waals surface area contributed by atoms with Crippen LogP contribution in [0.25, 0.3) is 0 Å². The van der Waals surface area contributed by atoms with Gasteiger partial charge in [0.1, 0.15) is 0 Å². The largest absolute Gasteiger partial charge is 0.314 e. The number of nitrogens with zero attached hydrogens (tertiary/aromatic N) is 1. The molecule has 0 bridgehead atoms. The van der Waals surface area contributed by atoms with Crippen LogP contribution in [0.5, 0.6) is 0 Å². The van der Waals surface area contributed by atoms with E-state index in [1.807, 2.05) is 11.8 Å². The first-order chi connectivity index (χ1) is 9.20. The first-order valence-electron chi connectivity index (χ1n) is 8.17. The van der Waals surface area contributed by atoms with Gasteiger partial charge in [-0.15, -0.1) is 0 Å². The SMILES string of the molecule is CCCNC1CCN(CCCCCSC)C(C)C1C. The number of thioether (sulfide) groups is 1. The zero-order valence-electron chi connectivity index (χ0n) is 13.5. The number of hydrogen-bond donors (Lipinski definition) is 1. The number of unbranched alkanes of at least 4 members (excludes halogenated alkanes) is 2. The number of nitrogens with one attached hydrogen (secondary N) is 1. The minimum atomic E-state index is 0.739. The van der Waals surface area contributed by atoms with E-state index in [4.69, 9.17) is 0 Å². The minimum Gasteiger partial charge on any atom is -0.314 e. The van der Waals surface area contributed by atoms with Gasteiger partial charge in [0.05, 0.1) is 0 Å². The van der Waals surface area contributed by atoms with E-state index in [1.165, 1.54) is 57.5 Å². The first kappa shape index (κ1) is 17.3. The van der Waals surface area contributed by atoms with Crippen LogP contribution in [0.15, 0.2) is 0 Å². The van der Waals surface area contributed by atoms with Crippen molar-refractivity contribution in [1.29, 1.82) is 0 Å². The topological polar surface area (TPSA) is 15.3 Å². The van der Waals surface area contributed by atoms with Gasteiger partial charge in [-0.25, -0.2) is 0 Å². The minimum absolute atomic E-state index is 0.739. The maximum Gasteiger partial charge on any atom is 0.0120 e. The van der Waals surface area contributed by atoms with Crippen molar-refractivity contribution in [2.24, 2.45) is 5.92 Å². The monoisotopic (exact) mass is 286 g/mol. The Balaban J connectivity index is 2.23. The van der Waals surface area contributed by atoms with E-state index in [2.05, 4.69) is 37.2 Å². The van der Waals surface area contributed by atoms with Gasteiger partial charge in [-0.2, -0.15) is 11.8 Å². The van der Waals surface area contributed by atoms with Crippen molar-refractivity contribution in [3.05, 3.63) is 0 Å². The highest BCUT2D eigenvalue weighted by molar-refractivity contribution is 7.98. The Morgan fingerprint density at radius 2 is 2.00 bits per heavy atom. The average Bonchev–Trinajstić information content (AvgIpc) is 2.42. The van der Waals surface area contributed by atoms with Crippen LogP contribution in [-0.4, -0.2) is 48.6 Å². The Labute approximate surface area is 125 Å². The lowest BCUT2D eigenvalue weighted by atomic mass is 9.86. The molecule has 1 aliphatic heterocycles. The van der Waals surface area contributed by atoms with Crippen LogP contribution in [-0.2, 0) is 0 Å². The summed E-state index contributed by atoms with van der Waals surface area (Å²) in [6.45, 7) is 10.9. The molecular formula is C16H34N2S. The Bertz CT molecular complexity index is 221. The highest BCUT2D eigenvalue weighted by Crippen LogP contribution is 2.24. The van der Waals surface area contributed by atoms with Crippen molar-refractivity contribution < 1.29 is 0 Å². The molecule has 0 aliphatic carbocycles. The van der Waals surface area contributed by atoms with Crippen LogP contribution in [0, 0.1) is 5.92 Å². The van der Waals surface area contributed by atoms with Gasteiger partial charge in [0.15, 0.2) is 0 Å². The molecule has 1 aliphatic rings. The van der Waals surface area contributed by atoms with Gasteiger partial charge in [-0.1, -0.05) is 20.3 Å². The van der Waals surface area contributed by atoms with Crippen LogP contribution in [0.1, 0.15) is 52.9 Å². The van der Waals surface area contributed by atoms with E-state index >= 15 is 0 Å². The molecule has 3 atom stereocenters. The normalized spacial score (nSPS) is 28.7. The Morgan fingerprint density at radius 3 is 2.68 bits per heavy atom. The zero-order valence-corrected chi connectivity index (χ0v) is 14.3. The third-order valence-electron chi connectivity index (χ3n) is 4.65. The van der Waals surface area contributed by atoms with Gasteiger partial charge in [0.2, 0.25) is 0 Å². The van der Waals surface area contributed by atoms with Crippen LogP contribution in [0.3, 0.4) is 0 Å². The van der Waals surface area contributed by atoms with Crippen LogP contribution < -0.4 is 5.32 Å². The Kier molecular flexibility index (Phi) is 9.17. The fraction of sp³-hybridized carbons (Fsp3) is 1.00. The molecule has 1 fully saturated rings. The summed E-state index contributed by atoms with van der Waals surface area (Å²) < 4.78 is 0. The molecule has 0 aromatic heterocycles. The van der Waals surface area contributed by atoms with Gasteiger partial charge >= 0.3 is 0 Å². The maximum atomic E-state index is 3.73. The van der Waals surface area contributed by atoms with E-state index in [0.717, 1.165) is 18.0 Å². The van der Waals surface area contributed by atoms with Gasteiger partial charge in [0.25, 0.3) is 0 Å². The molecule has 1 N–H and O–H groups in total. The molecule has 0 amide bonds. The van der Waals surface area contributed by atoms with Crippen molar-refractivity contribution >= 4 is 11.8 Å². The van der Waals surface area contributed by atoms with Crippen molar-refractivity contribution in [3.63, 3.8) is 0 Å². The zero-order chi connectivity index (χ0) is 14.1. The molecule has 2 nitrogen and oxygen atoms in total. The molecule has 3 unspecified atom stereocenters. The molecule has 0 radical (unpaired) electrons. The van der Waals surface area contributed by atoms with E-state index in [9.17, 15) is 0 Å². The third-order valence-corrected chi connectivity index (χ3v) is 5.35. The number of hydrogen-bond acceptors (Lipinski definition) is 3. The van der Waals surface area contributed by atoms with E-state index in [0.29, 0.717) is 0 Å². The van der Waals surface area contributed by atoms with Crippen LogP contribution in [0.4, 0.5) is 0 Å². The summed E-state index contributed by atoms with van der Waals surface area (Å²) >= 11 is 1.97. The van der Waals surface area contributed by atoms with Gasteiger partial charge in [-0.05, 0) is 70.2 Å². The lowest BCUT2D eigenvalue weighted by Crippen LogP contribution is -2.53. The smallest absolute Gasteiger partial charge is 0.0120 e. The molecule has 19 heavy (non-hydrogen) atoms. The molecule has 0 aromatic carbocycles. The van der Waals surface area contributed by atoms with Crippen LogP contribution >= 0.6 is 11.8 Å². The lowest BCUT2D eigenvalue weighted by molar-refractivity contribution is 0.0834. The van der Waals surface area contributed by atoms with E-state index < -0.39 is 0 Å². The summed E-state index contributed by atoms with van der Waals surface area (Å²) in [7, 11) is 0. The second-order valence-corrected chi connectivity index (χ2v) is 7.02. The fourth-order valence-electron chi connectivity index (χ4n) is 3.11. The van der Waals surface area contributed by atoms with Crippen molar-refractivity contribution in [3.8, 4) is 0 Å². The standard InChI is InChI=1S/C16H34N2S/c1-5-10-17-16-9-12-18(15(3)14(16)2)11-7-6-8-13-19-4/h14-17H,5-13H2,1-4H3. The molecule has 114 valence electrons. The third kappa shape index (κ3) is 6.05. The van der Waals surface area contributed by atoms with E-state index in [1.54, 1.807) is 0 Å². The lowest BCUT2D eigenvalue weighted by Gasteiger charge is -2.43. The molecule has 1 saturated heterocycles. The van der Waals surface area contributed by atoms with Crippen molar-refractivity contribution in [2.75, 3.05) is 31.6 Å². The second kappa shape index (κ2) is 10.1. The molecule has 0 aromatic rings. The summed E-state index contributed by atoms with van der Waals surface area (Å²) in [5, 5.41) is 3.73. The molecule has 3 heteroatoms. The summed E-state index contributed by atoms with van der Waals surface area (Å²) in [6.07, 6.45) is 8.95. The van der Waals surface area contributed by atoms with Crippen molar-refractivity contribution in [2.45, 2.75) is 65.0 Å². The maximum absolute atomic E-state index is 3.73. The quantitative estimate of drug-likeness (QED) is 0.652. The summed E-state index contributed by atoms with van der Waals surface area (Å²) in [5.41, 5.74) is 0. The molecule has 0 spiro atoms. The predicted octanol–water partition coefficient (Wildman–Crippen LogP) is 3.62. The second-order valence-electron chi connectivity index (χ2n) is 6.04. The summed E-state index contributed by atoms with van der Waals surface area (Å²) in [5.74, 6) is 2.11. The Hall–Kier alpha value is 0.270. The summed E-state index contributed by atoms with van der Waals surface area (Å²) in [6, 6.07) is 1.48. The Morgan fingerprint density at radius 1 is 1.21 bits per heavy atom. The van der Waals surface area contributed by atoms with Gasteiger partial charge < -0.3 is 10.2 Å². The molecule has 1 rings (SSSR count). The predicted molar refractivity (Wildman–Crippen MR) is 89.1 cm³/mol. The van der Waals surface area contributed by atoms with Crippen molar-refractivity contribution in [1.82, 2.24) is 10.2 Å². The molecular weight excluding hydrogens is 252 g/mol. The van der Waals surface area contributed by atoms with Gasteiger partial charge in [-0.3, -0.25) is 0 Å². The molecule has 0 saturated carbocycles. The first-order valence-corrected chi connectivity index (χ1v) is 9.56. The highest BCUT2D eigenvalue weighted by atomic mass is 32.2. The van der Waals surface area contributed by atoms with E-state index in [-0.39, 0.29) is 0 Å². The van der Waals surface area contributed by atoms with Crippen LogP contribution in [0.2, 0.25) is 0 Å². The average molecular weight is 287 g/mol. The fourth-order valence-corrected chi connectivity index (χ4v) is 3.60.